The molecule has 0 spiro atoms. The molecule has 22 heavy (non-hydrogen) atoms. The molecule has 11 heteroatoms. The maximum Gasteiger partial charge on any atom is 0.447 e. The molecule has 2 aliphatic rings. The Kier molecular flexibility index (Phi) is 3.38. The van der Waals surface area contributed by atoms with E-state index in [0.29, 0.717) is 6.08 Å². The molecule has 0 saturated carbocycles. The van der Waals surface area contributed by atoms with Crippen LogP contribution < -0.4 is 5.32 Å². The molecule has 2 atom stereocenters. The third-order valence-electron chi connectivity index (χ3n) is 3.56. The van der Waals surface area contributed by atoms with Gasteiger partial charge in [0.25, 0.3) is 11.6 Å². The van der Waals surface area contributed by atoms with Crippen LogP contribution >= 0.6 is 0 Å². The molecule has 1 saturated heterocycles. The topological polar surface area (TPSA) is 69.6 Å². The Morgan fingerprint density at radius 1 is 1.18 bits per heavy atom. The lowest BCUT2D eigenvalue weighted by molar-refractivity contribution is -0.388. The van der Waals surface area contributed by atoms with Gasteiger partial charge in [0.05, 0.1) is 11.5 Å². The molecule has 2 unspecified atom stereocenters. The smallest absolute Gasteiger partial charge is 0.356 e. The first-order valence-corrected chi connectivity index (χ1v) is 5.73. The van der Waals surface area contributed by atoms with Crippen molar-refractivity contribution >= 4 is 5.91 Å². The van der Waals surface area contributed by atoms with Crippen LogP contribution in [0.4, 0.5) is 30.7 Å². The number of carbonyl (C=O) groups excluding carboxylic acids is 1. The minimum absolute atomic E-state index is 0.264. The van der Waals surface area contributed by atoms with E-state index in [9.17, 15) is 35.5 Å². The average molecular weight is 335 g/mol. The van der Waals surface area contributed by atoms with E-state index in [-0.39, 0.29) is 6.08 Å². The molecule has 0 aromatic rings. The number of alkyl halides is 7. The van der Waals surface area contributed by atoms with Crippen LogP contribution in [-0.2, 0) is 4.79 Å². The quantitative estimate of drug-likeness (QED) is 0.502. The fourth-order valence-corrected chi connectivity index (χ4v) is 2.38. The van der Waals surface area contributed by atoms with Crippen LogP contribution in [0.5, 0.6) is 0 Å². The molecule has 1 heterocycles. The number of rotatable bonds is 1. The third-order valence-corrected chi connectivity index (χ3v) is 3.56. The summed E-state index contributed by atoms with van der Waals surface area (Å²) in [6.07, 6.45) is -11.1. The Labute approximate surface area is 117 Å². The van der Waals surface area contributed by atoms with Crippen molar-refractivity contribution in [3.63, 3.8) is 0 Å². The van der Waals surface area contributed by atoms with Gasteiger partial charge in [0.2, 0.25) is 0 Å². The number of hydrogen-bond donors (Lipinski definition) is 3. The van der Waals surface area contributed by atoms with E-state index in [0.717, 1.165) is 0 Å². The van der Waals surface area contributed by atoms with Gasteiger partial charge in [-0.2, -0.15) is 26.3 Å². The van der Waals surface area contributed by atoms with Gasteiger partial charge in [-0.3, -0.25) is 4.79 Å². The van der Waals surface area contributed by atoms with E-state index in [2.05, 4.69) is 0 Å². The lowest BCUT2D eigenvalue weighted by Crippen LogP contribution is -2.66. The van der Waals surface area contributed by atoms with Crippen molar-refractivity contribution in [3.8, 4) is 0 Å². The number of fused-ring (bicyclic) bond motifs is 1. The number of allylic oxidation sites excluding steroid dienone is 4. The normalized spacial score (nSPS) is 29.7. The van der Waals surface area contributed by atoms with Gasteiger partial charge in [0.15, 0.2) is 0 Å². The van der Waals surface area contributed by atoms with Crippen molar-refractivity contribution in [3.05, 3.63) is 23.4 Å². The minimum Gasteiger partial charge on any atom is -0.356 e. The summed E-state index contributed by atoms with van der Waals surface area (Å²) in [5.74, 6) is -9.24. The number of hydrogen-bond acceptors (Lipinski definition) is 3. The zero-order valence-electron chi connectivity index (χ0n) is 10.4. The number of carbonyl (C=O) groups is 1. The molecule has 3 N–H and O–H groups in total. The van der Waals surface area contributed by atoms with Crippen molar-refractivity contribution in [1.29, 1.82) is 0 Å². The van der Waals surface area contributed by atoms with Crippen molar-refractivity contribution in [1.82, 2.24) is 5.32 Å². The molecular formula is C11H8F7NO3. The Bertz CT molecular complexity index is 575. The fourth-order valence-electron chi connectivity index (χ4n) is 2.38. The zero-order chi connectivity index (χ0) is 17.1. The Balaban J connectivity index is 2.47. The van der Waals surface area contributed by atoms with Crippen LogP contribution in [0.1, 0.15) is 6.42 Å². The zero-order valence-corrected chi connectivity index (χ0v) is 10.4. The van der Waals surface area contributed by atoms with Gasteiger partial charge in [-0.1, -0.05) is 6.08 Å². The maximum atomic E-state index is 14.6. The fraction of sp³-hybridized carbons (Fsp3) is 0.545. The van der Waals surface area contributed by atoms with Crippen LogP contribution in [-0.4, -0.2) is 39.9 Å². The van der Waals surface area contributed by atoms with Gasteiger partial charge >= 0.3 is 18.1 Å². The molecule has 1 aliphatic heterocycles. The van der Waals surface area contributed by atoms with Crippen LogP contribution in [0.25, 0.3) is 0 Å². The third kappa shape index (κ3) is 2.10. The van der Waals surface area contributed by atoms with Gasteiger partial charge < -0.3 is 15.5 Å². The van der Waals surface area contributed by atoms with Crippen molar-refractivity contribution in [2.45, 2.75) is 30.2 Å². The van der Waals surface area contributed by atoms with Crippen molar-refractivity contribution < 1.29 is 45.7 Å². The summed E-state index contributed by atoms with van der Waals surface area (Å²) in [6.45, 7) is 0. The van der Waals surface area contributed by atoms with Crippen LogP contribution in [0.3, 0.4) is 0 Å². The molecular weight excluding hydrogens is 327 g/mol. The van der Waals surface area contributed by atoms with Gasteiger partial charge in [-0.05, 0) is 12.5 Å². The molecule has 0 radical (unpaired) electrons. The molecule has 0 aromatic heterocycles. The summed E-state index contributed by atoms with van der Waals surface area (Å²) in [7, 11) is 0. The standard InChI is InChI=1S/C11H8F7NO3/c12-8(10(21,22)11(16,17)18)5-2-1-4(9(13,14)15)3-6(5)19-7(8)20/h1,3,5,21-22H,2H2,(H,19,20). The summed E-state index contributed by atoms with van der Waals surface area (Å²) in [6, 6.07) is 0. The van der Waals surface area contributed by atoms with E-state index < -0.39 is 53.3 Å². The Morgan fingerprint density at radius 3 is 2.18 bits per heavy atom. The van der Waals surface area contributed by atoms with E-state index in [1.807, 2.05) is 0 Å². The van der Waals surface area contributed by atoms with Crippen LogP contribution in [0.15, 0.2) is 23.4 Å². The minimum atomic E-state index is -5.93. The highest BCUT2D eigenvalue weighted by atomic mass is 19.4. The summed E-state index contributed by atoms with van der Waals surface area (Å²) in [5.41, 5.74) is -6.33. The van der Waals surface area contributed by atoms with Crippen molar-refractivity contribution in [2.75, 3.05) is 0 Å². The summed E-state index contributed by atoms with van der Waals surface area (Å²) >= 11 is 0. The first-order chi connectivity index (χ1) is 9.73. The molecule has 0 bridgehead atoms. The Morgan fingerprint density at radius 2 is 1.73 bits per heavy atom. The maximum absolute atomic E-state index is 14.6. The average Bonchev–Trinajstić information content (AvgIpc) is 2.60. The highest BCUT2D eigenvalue weighted by Crippen LogP contribution is 2.51. The largest absolute Gasteiger partial charge is 0.447 e. The van der Waals surface area contributed by atoms with Crippen LogP contribution in [0, 0.1) is 5.92 Å². The monoisotopic (exact) mass is 335 g/mol. The first kappa shape index (κ1) is 16.7. The summed E-state index contributed by atoms with van der Waals surface area (Å²) in [5, 5.41) is 19.7. The molecule has 1 fully saturated rings. The number of halogens is 7. The van der Waals surface area contributed by atoms with Gasteiger partial charge in [-0.25, -0.2) is 4.39 Å². The number of nitrogens with one attached hydrogen (secondary N) is 1. The predicted octanol–water partition coefficient (Wildman–Crippen LogP) is 1.46. The summed E-state index contributed by atoms with van der Waals surface area (Å²) in [4.78, 5) is 11.5. The molecule has 124 valence electrons. The molecule has 2 rings (SSSR count). The highest BCUT2D eigenvalue weighted by molar-refractivity contribution is 5.92. The second-order valence-electron chi connectivity index (χ2n) is 4.88. The lowest BCUT2D eigenvalue weighted by Gasteiger charge is -2.37. The first-order valence-electron chi connectivity index (χ1n) is 5.73. The molecule has 0 aromatic carbocycles. The SMILES string of the molecule is O=C1NC2=CC(C(F)(F)F)=CCC2C1(F)C(O)(O)C(F)(F)F. The van der Waals surface area contributed by atoms with E-state index in [1.54, 1.807) is 0 Å². The van der Waals surface area contributed by atoms with E-state index in [4.69, 9.17) is 10.2 Å². The highest BCUT2D eigenvalue weighted by Gasteiger charge is 2.76. The lowest BCUT2D eigenvalue weighted by atomic mass is 9.78. The molecule has 1 amide bonds. The summed E-state index contributed by atoms with van der Waals surface area (Å²) < 4.78 is 89.9. The second-order valence-corrected chi connectivity index (χ2v) is 4.88. The Hall–Kier alpha value is -1.62. The molecule has 4 nitrogen and oxygen atoms in total. The van der Waals surface area contributed by atoms with Gasteiger partial charge in [0, 0.05) is 5.70 Å². The number of aliphatic hydroxyl groups is 2. The number of amides is 1. The van der Waals surface area contributed by atoms with Gasteiger partial charge in [0.1, 0.15) is 0 Å². The second kappa shape index (κ2) is 4.44. The van der Waals surface area contributed by atoms with E-state index in [1.165, 1.54) is 5.32 Å². The van der Waals surface area contributed by atoms with E-state index >= 15 is 0 Å². The molecule has 1 aliphatic carbocycles. The predicted molar refractivity (Wildman–Crippen MR) is 55.5 cm³/mol. The van der Waals surface area contributed by atoms with Crippen molar-refractivity contribution in [2.24, 2.45) is 5.92 Å². The van der Waals surface area contributed by atoms with Gasteiger partial charge in [-0.15, -0.1) is 0 Å². The van der Waals surface area contributed by atoms with Crippen LogP contribution in [0.2, 0.25) is 0 Å².